The van der Waals surface area contributed by atoms with Gasteiger partial charge in [-0.05, 0) is 61.7 Å². The number of ether oxygens (including phenoxy) is 1. The van der Waals surface area contributed by atoms with Gasteiger partial charge in [-0.3, -0.25) is 4.90 Å². The predicted molar refractivity (Wildman–Crippen MR) is 129 cm³/mol. The maximum atomic E-state index is 13.0. The molecule has 0 saturated heterocycles. The minimum atomic E-state index is -0.274. The quantitative estimate of drug-likeness (QED) is 0.462. The number of hydrogen-bond donors (Lipinski definition) is 3. The van der Waals surface area contributed by atoms with Crippen LogP contribution in [0.15, 0.2) is 48.5 Å². The summed E-state index contributed by atoms with van der Waals surface area (Å²) in [6.07, 6.45) is 6.28. The molecule has 0 heterocycles. The Balaban J connectivity index is 1.56. The molecule has 1 fully saturated rings. The first-order valence-corrected chi connectivity index (χ1v) is 11.5. The number of benzene rings is 2. The van der Waals surface area contributed by atoms with Crippen molar-refractivity contribution in [2.75, 3.05) is 30.4 Å². The van der Waals surface area contributed by atoms with Gasteiger partial charge >= 0.3 is 12.1 Å². The molecular weight excluding hydrogens is 428 g/mol. The van der Waals surface area contributed by atoms with Gasteiger partial charge in [0.15, 0.2) is 0 Å². The Hall–Kier alpha value is -2.93. The van der Waals surface area contributed by atoms with E-state index in [1.807, 2.05) is 24.3 Å². The number of urea groups is 2. The summed E-state index contributed by atoms with van der Waals surface area (Å²) < 4.78 is 5.22. The van der Waals surface area contributed by atoms with Crippen molar-refractivity contribution in [3.63, 3.8) is 0 Å². The van der Waals surface area contributed by atoms with Crippen molar-refractivity contribution >= 4 is 35.0 Å². The van der Waals surface area contributed by atoms with Crippen molar-refractivity contribution in [2.24, 2.45) is 0 Å². The van der Waals surface area contributed by atoms with Crippen LogP contribution in [-0.4, -0.2) is 38.3 Å². The monoisotopic (exact) mass is 458 g/mol. The lowest BCUT2D eigenvalue weighted by atomic mass is 9.96. The largest absolute Gasteiger partial charge is 0.497 e. The highest BCUT2D eigenvalue weighted by atomic mass is 35.5. The van der Waals surface area contributed by atoms with Crippen molar-refractivity contribution in [3.05, 3.63) is 53.6 Å². The van der Waals surface area contributed by atoms with E-state index in [2.05, 4.69) is 16.0 Å². The number of nitrogens with zero attached hydrogens (tertiary/aromatic N) is 1. The number of hydrogen-bond acceptors (Lipinski definition) is 3. The minimum Gasteiger partial charge on any atom is -0.497 e. The molecule has 0 aliphatic heterocycles. The van der Waals surface area contributed by atoms with E-state index in [0.717, 1.165) is 18.5 Å². The maximum Gasteiger partial charge on any atom is 0.326 e. The van der Waals surface area contributed by atoms with Crippen LogP contribution in [0.3, 0.4) is 0 Å². The number of amides is 4. The highest BCUT2D eigenvalue weighted by molar-refractivity contribution is 6.30. The highest BCUT2D eigenvalue weighted by Gasteiger charge is 2.18. The molecule has 8 heteroatoms. The van der Waals surface area contributed by atoms with Gasteiger partial charge in [-0.15, -0.1) is 0 Å². The van der Waals surface area contributed by atoms with E-state index in [-0.39, 0.29) is 18.1 Å². The van der Waals surface area contributed by atoms with Gasteiger partial charge in [-0.1, -0.05) is 36.9 Å². The second-order valence-electron chi connectivity index (χ2n) is 7.88. The zero-order valence-corrected chi connectivity index (χ0v) is 19.2. The van der Waals surface area contributed by atoms with Crippen molar-refractivity contribution in [1.82, 2.24) is 10.6 Å². The fraction of sp³-hybridized carbons (Fsp3) is 0.417. The Morgan fingerprint density at radius 2 is 1.84 bits per heavy atom. The molecule has 0 spiro atoms. The fourth-order valence-electron chi connectivity index (χ4n) is 3.79. The van der Waals surface area contributed by atoms with Gasteiger partial charge < -0.3 is 20.7 Å². The van der Waals surface area contributed by atoms with Crippen LogP contribution >= 0.6 is 11.6 Å². The average molecular weight is 459 g/mol. The second-order valence-corrected chi connectivity index (χ2v) is 8.32. The minimum absolute atomic E-state index is 0.142. The Kier molecular flexibility index (Phi) is 9.04. The molecule has 0 bridgehead atoms. The fourth-order valence-corrected chi connectivity index (χ4v) is 3.98. The van der Waals surface area contributed by atoms with Crippen LogP contribution in [-0.2, 0) is 0 Å². The molecule has 32 heavy (non-hydrogen) atoms. The van der Waals surface area contributed by atoms with E-state index in [0.29, 0.717) is 36.0 Å². The van der Waals surface area contributed by atoms with Crippen molar-refractivity contribution in [2.45, 2.75) is 44.6 Å². The number of carbonyl (C=O) groups is 2. The Morgan fingerprint density at radius 3 is 2.53 bits per heavy atom. The molecule has 1 saturated carbocycles. The summed E-state index contributed by atoms with van der Waals surface area (Å²) in [7, 11) is 1.60. The third-order valence-corrected chi connectivity index (χ3v) is 5.72. The first kappa shape index (κ1) is 23.7. The van der Waals surface area contributed by atoms with Crippen molar-refractivity contribution in [1.29, 1.82) is 0 Å². The summed E-state index contributed by atoms with van der Waals surface area (Å²) >= 11 is 6.04. The van der Waals surface area contributed by atoms with Crippen LogP contribution in [0.5, 0.6) is 5.75 Å². The summed E-state index contributed by atoms with van der Waals surface area (Å²) in [4.78, 5) is 26.8. The molecule has 2 aromatic rings. The van der Waals surface area contributed by atoms with Crippen LogP contribution in [0.4, 0.5) is 21.0 Å². The summed E-state index contributed by atoms with van der Waals surface area (Å²) in [6, 6.07) is 14.2. The van der Waals surface area contributed by atoms with E-state index >= 15 is 0 Å². The molecule has 0 unspecified atom stereocenters. The van der Waals surface area contributed by atoms with Crippen molar-refractivity contribution < 1.29 is 14.3 Å². The molecule has 1 aliphatic rings. The lowest BCUT2D eigenvalue weighted by Crippen LogP contribution is -2.44. The molecule has 0 atom stereocenters. The molecule has 3 rings (SSSR count). The van der Waals surface area contributed by atoms with E-state index < -0.39 is 0 Å². The first-order chi connectivity index (χ1) is 15.5. The van der Waals surface area contributed by atoms with Crippen LogP contribution in [0, 0.1) is 0 Å². The summed E-state index contributed by atoms with van der Waals surface area (Å²) in [5.74, 6) is 0.713. The van der Waals surface area contributed by atoms with E-state index in [1.165, 1.54) is 19.3 Å². The van der Waals surface area contributed by atoms with Gasteiger partial charge in [-0.2, -0.15) is 0 Å². The van der Waals surface area contributed by atoms with Gasteiger partial charge in [0.25, 0.3) is 0 Å². The first-order valence-electron chi connectivity index (χ1n) is 11.1. The molecule has 0 aromatic heterocycles. The number of methoxy groups -OCH3 is 1. The highest BCUT2D eigenvalue weighted by Crippen LogP contribution is 2.22. The zero-order valence-electron chi connectivity index (χ0n) is 18.4. The zero-order chi connectivity index (χ0) is 22.8. The Bertz CT molecular complexity index is 885. The van der Waals surface area contributed by atoms with E-state index in [9.17, 15) is 9.59 Å². The van der Waals surface area contributed by atoms with Gasteiger partial charge in [-0.25, -0.2) is 9.59 Å². The number of nitrogens with one attached hydrogen (secondary N) is 3. The molecule has 7 nitrogen and oxygen atoms in total. The summed E-state index contributed by atoms with van der Waals surface area (Å²) in [6.45, 7) is 0.901. The van der Waals surface area contributed by atoms with Gasteiger partial charge in [0.1, 0.15) is 5.75 Å². The SMILES string of the molecule is COc1ccc(N(CCCNC(=O)NC2CCCCC2)C(=O)Nc2cccc(Cl)c2)cc1. The number of carbonyl (C=O) groups excluding carboxylic acids is 2. The van der Waals surface area contributed by atoms with Crippen LogP contribution in [0.2, 0.25) is 5.02 Å². The van der Waals surface area contributed by atoms with Gasteiger partial charge in [0, 0.05) is 35.5 Å². The molecule has 2 aromatic carbocycles. The Morgan fingerprint density at radius 1 is 1.09 bits per heavy atom. The topological polar surface area (TPSA) is 82.7 Å². The molecule has 1 aliphatic carbocycles. The van der Waals surface area contributed by atoms with E-state index in [1.54, 1.807) is 36.3 Å². The van der Waals surface area contributed by atoms with Gasteiger partial charge in [0.05, 0.1) is 7.11 Å². The lowest BCUT2D eigenvalue weighted by Gasteiger charge is -2.24. The number of anilines is 2. The summed E-state index contributed by atoms with van der Waals surface area (Å²) in [5.41, 5.74) is 1.35. The molecular formula is C24H31ClN4O3. The lowest BCUT2D eigenvalue weighted by molar-refractivity contribution is 0.232. The second kappa shape index (κ2) is 12.2. The average Bonchev–Trinajstić information content (AvgIpc) is 2.80. The number of halogens is 1. The molecule has 3 N–H and O–H groups in total. The van der Waals surface area contributed by atoms with Crippen LogP contribution < -0.4 is 25.6 Å². The predicted octanol–water partition coefficient (Wildman–Crippen LogP) is 5.41. The normalized spacial score (nSPS) is 13.8. The molecule has 172 valence electrons. The maximum absolute atomic E-state index is 13.0. The van der Waals surface area contributed by atoms with Crippen LogP contribution in [0.1, 0.15) is 38.5 Å². The van der Waals surface area contributed by atoms with E-state index in [4.69, 9.17) is 16.3 Å². The third-order valence-electron chi connectivity index (χ3n) is 5.49. The molecule has 0 radical (unpaired) electrons. The smallest absolute Gasteiger partial charge is 0.326 e. The summed E-state index contributed by atoms with van der Waals surface area (Å²) in [5, 5.41) is 9.38. The molecule has 4 amide bonds. The third kappa shape index (κ3) is 7.34. The standard InChI is InChI=1S/C24H31ClN4O3/c1-32-22-13-11-21(12-14-22)29(24(31)28-20-10-5-7-18(25)17-20)16-6-15-26-23(30)27-19-8-3-2-4-9-19/h5,7,10-14,17,19H,2-4,6,8-9,15-16H2,1H3,(H,28,31)(H2,26,27,30). The number of rotatable bonds is 8. The van der Waals surface area contributed by atoms with Gasteiger partial charge in [0.2, 0.25) is 0 Å². The van der Waals surface area contributed by atoms with Crippen molar-refractivity contribution in [3.8, 4) is 5.75 Å². The Labute approximate surface area is 194 Å². The van der Waals surface area contributed by atoms with Crippen LogP contribution in [0.25, 0.3) is 0 Å².